The molecule has 0 atom stereocenters. The summed E-state index contributed by atoms with van der Waals surface area (Å²) in [5.74, 6) is 0.836. The van der Waals surface area contributed by atoms with Gasteiger partial charge in [-0.15, -0.1) is 0 Å². The summed E-state index contributed by atoms with van der Waals surface area (Å²) in [6, 6.07) is 24.9. The molecular weight excluding hydrogens is 556 g/mol. The minimum Gasteiger partial charge on any atom is -0.490 e. The molecule has 0 aliphatic rings. The molecule has 6 nitrogen and oxygen atoms in total. The number of nitrogens with zero attached hydrogens (tertiary/aromatic N) is 1. The first-order chi connectivity index (χ1) is 18.0. The number of carbonyl (C=O) groups excluding carboxylic acids is 1. The quantitative estimate of drug-likeness (QED) is 0.151. The highest BCUT2D eigenvalue weighted by molar-refractivity contribution is 9.10. The topological polar surface area (TPSA) is 73.1 Å². The number of nitrogens with one attached hydrogen (secondary N) is 1. The molecule has 0 fully saturated rings. The lowest BCUT2D eigenvalue weighted by atomic mass is 10.1. The second-order valence-corrected chi connectivity index (χ2v) is 9.52. The Morgan fingerprint density at radius 1 is 1.00 bits per heavy atom. The third-order valence-corrected chi connectivity index (χ3v) is 6.43. The smallest absolute Gasteiger partial charge is 0.307 e. The van der Waals surface area contributed by atoms with E-state index in [4.69, 9.17) is 25.5 Å². The summed E-state index contributed by atoms with van der Waals surface area (Å²) < 4.78 is 18.2. The van der Waals surface area contributed by atoms with Crippen LogP contribution in [0.1, 0.15) is 28.6 Å². The number of fused-ring (bicyclic) bond motifs is 2. The van der Waals surface area contributed by atoms with E-state index in [9.17, 15) is 4.79 Å². The van der Waals surface area contributed by atoms with E-state index in [0.29, 0.717) is 45.4 Å². The SMILES string of the molecule is CCOc1cc(/C=N/NC(=O)c2cc3cc(Cl)ccc3o2)cc(Br)c1OCc1ccc2ccccc2c1. The summed E-state index contributed by atoms with van der Waals surface area (Å²) in [4.78, 5) is 12.5. The molecule has 186 valence electrons. The first-order valence-electron chi connectivity index (χ1n) is 11.6. The number of hydrazone groups is 1. The molecule has 1 aromatic heterocycles. The first-order valence-corrected chi connectivity index (χ1v) is 12.8. The molecule has 0 unspecified atom stereocenters. The maximum absolute atomic E-state index is 12.5. The van der Waals surface area contributed by atoms with Crippen molar-refractivity contribution in [1.82, 2.24) is 5.43 Å². The molecule has 4 aromatic carbocycles. The Bertz CT molecular complexity index is 1630. The van der Waals surface area contributed by atoms with Gasteiger partial charge in [-0.25, -0.2) is 5.43 Å². The van der Waals surface area contributed by atoms with Crippen LogP contribution < -0.4 is 14.9 Å². The zero-order chi connectivity index (χ0) is 25.8. The van der Waals surface area contributed by atoms with Crippen molar-refractivity contribution in [1.29, 1.82) is 0 Å². The summed E-state index contributed by atoms with van der Waals surface area (Å²) in [5, 5.41) is 7.73. The van der Waals surface area contributed by atoms with Crippen molar-refractivity contribution in [3.05, 3.63) is 105 Å². The molecule has 1 N–H and O–H groups in total. The molecule has 8 heteroatoms. The summed E-state index contributed by atoms with van der Waals surface area (Å²) >= 11 is 9.59. The van der Waals surface area contributed by atoms with Gasteiger partial charge >= 0.3 is 5.91 Å². The predicted molar refractivity (Wildman–Crippen MR) is 150 cm³/mol. The van der Waals surface area contributed by atoms with Crippen molar-refractivity contribution in [2.75, 3.05) is 6.61 Å². The van der Waals surface area contributed by atoms with E-state index in [-0.39, 0.29) is 5.76 Å². The van der Waals surface area contributed by atoms with Crippen LogP contribution in [0.5, 0.6) is 11.5 Å². The van der Waals surface area contributed by atoms with Gasteiger partial charge in [0, 0.05) is 10.4 Å². The maximum atomic E-state index is 12.5. The van der Waals surface area contributed by atoms with E-state index in [1.807, 2.05) is 31.2 Å². The number of halogens is 2. The highest BCUT2D eigenvalue weighted by Gasteiger charge is 2.14. The monoisotopic (exact) mass is 576 g/mol. The van der Waals surface area contributed by atoms with Crippen LogP contribution >= 0.6 is 27.5 Å². The number of furan rings is 1. The van der Waals surface area contributed by atoms with Crippen LogP contribution in [0.4, 0.5) is 0 Å². The van der Waals surface area contributed by atoms with Crippen molar-refractivity contribution in [3.63, 3.8) is 0 Å². The van der Waals surface area contributed by atoms with Crippen LogP contribution in [-0.2, 0) is 6.61 Å². The van der Waals surface area contributed by atoms with Crippen LogP contribution in [0, 0.1) is 0 Å². The molecule has 5 rings (SSSR count). The van der Waals surface area contributed by atoms with Gasteiger partial charge in [0.15, 0.2) is 17.3 Å². The lowest BCUT2D eigenvalue weighted by molar-refractivity contribution is 0.0929. The third kappa shape index (κ3) is 5.79. The van der Waals surface area contributed by atoms with Gasteiger partial charge in [0.2, 0.25) is 0 Å². The fourth-order valence-corrected chi connectivity index (χ4v) is 4.65. The second-order valence-electron chi connectivity index (χ2n) is 8.23. The standard InChI is InChI=1S/C29H22BrClN2O4/c1-2-35-26-13-19(16-32-33-29(34)27-15-22-14-23(31)9-10-25(22)37-27)12-24(30)28(26)36-17-18-7-8-20-5-3-4-6-21(20)11-18/h3-16H,2,17H2,1H3,(H,33,34)/b32-16+. The lowest BCUT2D eigenvalue weighted by Crippen LogP contribution is -2.16. The van der Waals surface area contributed by atoms with Crippen LogP contribution in [-0.4, -0.2) is 18.7 Å². The van der Waals surface area contributed by atoms with E-state index in [1.54, 1.807) is 24.3 Å². The number of carbonyl (C=O) groups is 1. The zero-order valence-electron chi connectivity index (χ0n) is 19.8. The van der Waals surface area contributed by atoms with Crippen molar-refractivity contribution >= 4 is 61.4 Å². The van der Waals surface area contributed by atoms with Gasteiger partial charge in [0.25, 0.3) is 0 Å². The Labute approximate surface area is 227 Å². The lowest BCUT2D eigenvalue weighted by Gasteiger charge is -2.15. The third-order valence-electron chi connectivity index (χ3n) is 5.61. The highest BCUT2D eigenvalue weighted by atomic mass is 79.9. The Morgan fingerprint density at radius 2 is 1.84 bits per heavy atom. The van der Waals surface area contributed by atoms with Crippen LogP contribution in [0.3, 0.4) is 0 Å². The second kappa shape index (κ2) is 11.1. The number of rotatable bonds is 8. The van der Waals surface area contributed by atoms with Crippen molar-refractivity contribution in [3.8, 4) is 11.5 Å². The molecule has 0 aliphatic heterocycles. The summed E-state index contributed by atoms with van der Waals surface area (Å²) in [7, 11) is 0. The average molecular weight is 578 g/mol. The number of hydrogen-bond donors (Lipinski definition) is 1. The van der Waals surface area contributed by atoms with Crippen molar-refractivity contribution < 1.29 is 18.7 Å². The van der Waals surface area contributed by atoms with E-state index in [1.165, 1.54) is 11.6 Å². The van der Waals surface area contributed by atoms with Crippen molar-refractivity contribution in [2.24, 2.45) is 5.10 Å². The van der Waals surface area contributed by atoms with E-state index in [2.05, 4.69) is 56.8 Å². The van der Waals surface area contributed by atoms with Gasteiger partial charge < -0.3 is 13.9 Å². The molecule has 1 amide bonds. The number of ether oxygens (including phenoxy) is 2. The van der Waals surface area contributed by atoms with E-state index >= 15 is 0 Å². The van der Waals surface area contributed by atoms with Crippen LogP contribution in [0.2, 0.25) is 5.02 Å². The van der Waals surface area contributed by atoms with E-state index in [0.717, 1.165) is 16.3 Å². The van der Waals surface area contributed by atoms with Gasteiger partial charge in [-0.1, -0.05) is 48.0 Å². The molecule has 5 aromatic rings. The molecule has 0 saturated carbocycles. The van der Waals surface area contributed by atoms with Crippen LogP contribution in [0.25, 0.3) is 21.7 Å². The van der Waals surface area contributed by atoms with Gasteiger partial charge in [-0.2, -0.15) is 5.10 Å². The van der Waals surface area contributed by atoms with Crippen LogP contribution in [0.15, 0.2) is 92.9 Å². The summed E-state index contributed by atoms with van der Waals surface area (Å²) in [6.07, 6.45) is 1.53. The summed E-state index contributed by atoms with van der Waals surface area (Å²) in [6.45, 7) is 2.75. The van der Waals surface area contributed by atoms with Gasteiger partial charge in [0.05, 0.1) is 17.3 Å². The highest BCUT2D eigenvalue weighted by Crippen LogP contribution is 2.37. The minimum atomic E-state index is -0.469. The van der Waals surface area contributed by atoms with E-state index < -0.39 is 5.91 Å². The average Bonchev–Trinajstić information content (AvgIpc) is 3.32. The number of hydrogen-bond acceptors (Lipinski definition) is 5. The molecule has 1 heterocycles. The number of benzene rings is 4. The normalized spacial score (nSPS) is 11.3. The Kier molecular flexibility index (Phi) is 7.44. The predicted octanol–water partition coefficient (Wildman–Crippen LogP) is 7.74. The largest absolute Gasteiger partial charge is 0.490 e. The Balaban J connectivity index is 1.29. The minimum absolute atomic E-state index is 0.142. The molecule has 0 saturated heterocycles. The molecule has 37 heavy (non-hydrogen) atoms. The molecule has 0 radical (unpaired) electrons. The first kappa shape index (κ1) is 24.9. The van der Waals surface area contributed by atoms with Gasteiger partial charge in [0.1, 0.15) is 12.2 Å². The zero-order valence-corrected chi connectivity index (χ0v) is 22.2. The maximum Gasteiger partial charge on any atom is 0.307 e. The molecular formula is C29H22BrClN2O4. The van der Waals surface area contributed by atoms with Gasteiger partial charge in [-0.3, -0.25) is 4.79 Å². The molecule has 0 spiro atoms. The fourth-order valence-electron chi connectivity index (χ4n) is 3.90. The van der Waals surface area contributed by atoms with Crippen molar-refractivity contribution in [2.45, 2.75) is 13.5 Å². The van der Waals surface area contributed by atoms with Gasteiger partial charge in [-0.05, 0) is 87.2 Å². The number of amides is 1. The Hall–Kier alpha value is -3.81. The Morgan fingerprint density at radius 3 is 2.68 bits per heavy atom. The molecule has 0 bridgehead atoms. The molecule has 0 aliphatic carbocycles. The fraction of sp³-hybridized carbons (Fsp3) is 0.103. The summed E-state index contributed by atoms with van der Waals surface area (Å²) in [5.41, 5.74) is 4.82.